The monoisotopic (exact) mass is 396 g/mol. The van der Waals surface area contributed by atoms with Gasteiger partial charge in [-0.05, 0) is 38.6 Å². The van der Waals surface area contributed by atoms with Crippen LogP contribution in [0.4, 0.5) is 5.69 Å². The molecule has 1 N–H and O–H groups in total. The number of anilines is 1. The van der Waals surface area contributed by atoms with Gasteiger partial charge in [0.25, 0.3) is 11.5 Å². The molecule has 152 valence electrons. The van der Waals surface area contributed by atoms with E-state index in [1.54, 1.807) is 35.8 Å². The Morgan fingerprint density at radius 3 is 2.76 bits per heavy atom. The van der Waals surface area contributed by atoms with Crippen molar-refractivity contribution >= 4 is 17.5 Å². The molecule has 0 spiro atoms. The highest BCUT2D eigenvalue weighted by molar-refractivity contribution is 5.92. The number of fused-ring (bicyclic) bond motifs is 4. The summed E-state index contributed by atoms with van der Waals surface area (Å²) in [4.78, 5) is 49.4. The van der Waals surface area contributed by atoms with Gasteiger partial charge in [0.05, 0.1) is 12.7 Å². The SMILES string of the molecule is CN(C)CC(=O)Nc1ccc2n(c1=O)CC1CC2CN(C(=O)c2cnccn2)C1. The summed E-state index contributed by atoms with van der Waals surface area (Å²) in [6.07, 6.45) is 5.47. The maximum Gasteiger partial charge on any atom is 0.274 e. The van der Waals surface area contributed by atoms with Gasteiger partial charge in [-0.1, -0.05) is 0 Å². The molecule has 0 aliphatic carbocycles. The molecular formula is C20H24N6O3. The van der Waals surface area contributed by atoms with Gasteiger partial charge in [-0.15, -0.1) is 0 Å². The molecule has 2 unspecified atom stereocenters. The molecule has 2 aliphatic rings. The highest BCUT2D eigenvalue weighted by atomic mass is 16.2. The zero-order valence-electron chi connectivity index (χ0n) is 16.5. The van der Waals surface area contributed by atoms with Crippen molar-refractivity contribution in [3.63, 3.8) is 0 Å². The number of hydrogen-bond donors (Lipinski definition) is 1. The molecule has 1 fully saturated rings. The first-order valence-corrected chi connectivity index (χ1v) is 9.66. The fourth-order valence-electron chi connectivity index (χ4n) is 4.26. The number of likely N-dealkylation sites (tertiary alicyclic amines) is 1. The topological polar surface area (TPSA) is 100 Å². The third-order valence-corrected chi connectivity index (χ3v) is 5.41. The lowest BCUT2D eigenvalue weighted by molar-refractivity contribution is -0.116. The predicted octanol–water partition coefficient (Wildman–Crippen LogP) is 0.398. The Balaban J connectivity index is 1.55. The second-order valence-corrected chi connectivity index (χ2v) is 7.97. The summed E-state index contributed by atoms with van der Waals surface area (Å²) in [7, 11) is 3.60. The van der Waals surface area contributed by atoms with E-state index < -0.39 is 0 Å². The van der Waals surface area contributed by atoms with E-state index in [0.29, 0.717) is 31.0 Å². The van der Waals surface area contributed by atoms with E-state index in [1.807, 2.05) is 11.0 Å². The van der Waals surface area contributed by atoms with Crippen molar-refractivity contribution in [3.8, 4) is 0 Å². The maximum atomic E-state index is 12.9. The molecule has 2 atom stereocenters. The number of pyridine rings is 1. The van der Waals surface area contributed by atoms with Crippen molar-refractivity contribution in [3.05, 3.63) is 52.5 Å². The smallest absolute Gasteiger partial charge is 0.274 e. The van der Waals surface area contributed by atoms with Crippen molar-refractivity contribution in [1.29, 1.82) is 0 Å². The van der Waals surface area contributed by atoms with Crippen molar-refractivity contribution in [2.24, 2.45) is 5.92 Å². The molecule has 1 saturated heterocycles. The first-order chi connectivity index (χ1) is 13.9. The lowest BCUT2D eigenvalue weighted by Gasteiger charge is -2.42. The first-order valence-electron chi connectivity index (χ1n) is 9.66. The average molecular weight is 396 g/mol. The van der Waals surface area contributed by atoms with Gasteiger partial charge in [-0.2, -0.15) is 0 Å². The van der Waals surface area contributed by atoms with Gasteiger partial charge < -0.3 is 19.7 Å². The van der Waals surface area contributed by atoms with Gasteiger partial charge in [0.15, 0.2) is 0 Å². The lowest BCUT2D eigenvalue weighted by atomic mass is 9.83. The number of nitrogens with zero attached hydrogens (tertiary/aromatic N) is 5. The average Bonchev–Trinajstić information content (AvgIpc) is 2.70. The summed E-state index contributed by atoms with van der Waals surface area (Å²) in [6.45, 7) is 1.87. The summed E-state index contributed by atoms with van der Waals surface area (Å²) in [5, 5.41) is 2.71. The second-order valence-electron chi connectivity index (χ2n) is 7.97. The predicted molar refractivity (Wildman–Crippen MR) is 107 cm³/mol. The van der Waals surface area contributed by atoms with Gasteiger partial charge in [-0.25, -0.2) is 4.98 Å². The molecule has 9 heteroatoms. The summed E-state index contributed by atoms with van der Waals surface area (Å²) in [5.74, 6) is -0.0739. The van der Waals surface area contributed by atoms with Gasteiger partial charge in [0.2, 0.25) is 5.91 Å². The van der Waals surface area contributed by atoms with Gasteiger partial charge >= 0.3 is 0 Å². The number of nitrogens with one attached hydrogen (secondary N) is 1. The number of hydrogen-bond acceptors (Lipinski definition) is 6. The Hall–Kier alpha value is -3.07. The van der Waals surface area contributed by atoms with Crippen LogP contribution in [0.25, 0.3) is 0 Å². The van der Waals surface area contributed by atoms with Crippen LogP contribution in [0.5, 0.6) is 0 Å². The number of likely N-dealkylation sites (N-methyl/N-ethyl adjacent to an activating group) is 1. The van der Waals surface area contributed by atoms with Crippen molar-refractivity contribution in [2.45, 2.75) is 18.9 Å². The van der Waals surface area contributed by atoms with Crippen LogP contribution in [-0.4, -0.2) is 69.9 Å². The highest BCUT2D eigenvalue weighted by Crippen LogP contribution is 2.35. The Morgan fingerprint density at radius 2 is 2.03 bits per heavy atom. The Labute approximate surface area is 168 Å². The molecule has 0 saturated carbocycles. The van der Waals surface area contributed by atoms with Gasteiger partial charge in [-0.3, -0.25) is 19.4 Å². The van der Waals surface area contributed by atoms with Crippen LogP contribution >= 0.6 is 0 Å². The summed E-state index contributed by atoms with van der Waals surface area (Å²) >= 11 is 0. The molecule has 2 aromatic heterocycles. The second kappa shape index (κ2) is 7.75. The lowest BCUT2D eigenvalue weighted by Crippen LogP contribution is -2.49. The number of aromatic nitrogens is 3. The molecule has 2 bridgehead atoms. The third-order valence-electron chi connectivity index (χ3n) is 5.41. The van der Waals surface area contributed by atoms with Crippen LogP contribution in [-0.2, 0) is 11.3 Å². The normalized spacial score (nSPS) is 20.3. The first kappa shape index (κ1) is 19.3. The number of rotatable bonds is 4. The molecule has 4 rings (SSSR count). The minimum atomic E-state index is -0.218. The van der Waals surface area contributed by atoms with E-state index in [4.69, 9.17) is 0 Å². The molecule has 2 amide bonds. The van der Waals surface area contributed by atoms with Crippen LogP contribution in [0.2, 0.25) is 0 Å². The minimum Gasteiger partial charge on any atom is -0.336 e. The number of carbonyl (C=O) groups is 2. The minimum absolute atomic E-state index is 0.0855. The number of piperidine rings is 1. The van der Waals surface area contributed by atoms with Crippen molar-refractivity contribution in [1.82, 2.24) is 24.3 Å². The highest BCUT2D eigenvalue weighted by Gasteiger charge is 2.37. The summed E-state index contributed by atoms with van der Waals surface area (Å²) in [5.41, 5.74) is 1.36. The van der Waals surface area contributed by atoms with Crippen molar-refractivity contribution in [2.75, 3.05) is 39.0 Å². The Bertz CT molecular complexity index is 987. The fourth-order valence-corrected chi connectivity index (χ4v) is 4.26. The zero-order chi connectivity index (χ0) is 20.5. The molecule has 2 aliphatic heterocycles. The quantitative estimate of drug-likeness (QED) is 0.803. The molecule has 4 heterocycles. The van der Waals surface area contributed by atoms with Crippen LogP contribution < -0.4 is 10.9 Å². The van der Waals surface area contributed by atoms with E-state index in [1.165, 1.54) is 12.4 Å². The standard InChI is InChI=1S/C20H24N6O3/c1-24(2)12-18(27)23-15-3-4-17-14-7-13(10-26(17)20(15)29)9-25(11-14)19(28)16-8-21-5-6-22-16/h3-6,8,13-14H,7,9-12H2,1-2H3,(H,23,27). The van der Waals surface area contributed by atoms with Gasteiger partial charge in [0, 0.05) is 43.6 Å². The van der Waals surface area contributed by atoms with Crippen LogP contribution in [0.1, 0.15) is 28.5 Å². The molecule has 2 aromatic rings. The zero-order valence-corrected chi connectivity index (χ0v) is 16.5. The Morgan fingerprint density at radius 1 is 1.21 bits per heavy atom. The van der Waals surface area contributed by atoms with Crippen molar-refractivity contribution < 1.29 is 9.59 Å². The molecule has 29 heavy (non-hydrogen) atoms. The number of amides is 2. The van der Waals surface area contributed by atoms with E-state index in [-0.39, 0.29) is 35.8 Å². The summed E-state index contributed by atoms with van der Waals surface area (Å²) in [6, 6.07) is 3.56. The van der Waals surface area contributed by atoms with E-state index in [0.717, 1.165) is 12.1 Å². The maximum absolute atomic E-state index is 12.9. The largest absolute Gasteiger partial charge is 0.336 e. The molecular weight excluding hydrogens is 372 g/mol. The molecule has 0 radical (unpaired) electrons. The van der Waals surface area contributed by atoms with Crippen LogP contribution in [0.3, 0.4) is 0 Å². The fraction of sp³-hybridized carbons (Fsp3) is 0.450. The van der Waals surface area contributed by atoms with E-state index in [2.05, 4.69) is 15.3 Å². The van der Waals surface area contributed by atoms with Crippen LogP contribution in [0.15, 0.2) is 35.5 Å². The number of carbonyl (C=O) groups excluding carboxylic acids is 2. The molecule has 0 aromatic carbocycles. The summed E-state index contributed by atoms with van der Waals surface area (Å²) < 4.78 is 1.76. The van der Waals surface area contributed by atoms with Crippen LogP contribution in [0, 0.1) is 5.92 Å². The van der Waals surface area contributed by atoms with E-state index >= 15 is 0 Å². The van der Waals surface area contributed by atoms with E-state index in [9.17, 15) is 14.4 Å². The third kappa shape index (κ3) is 3.91. The molecule has 9 nitrogen and oxygen atoms in total. The Kier molecular flexibility index (Phi) is 5.14. The van der Waals surface area contributed by atoms with Gasteiger partial charge in [0.1, 0.15) is 11.4 Å².